The molecule has 8 nitrogen and oxygen atoms in total. The molecule has 6 rings (SSSR count). The quantitative estimate of drug-likeness (QED) is 0.506. The number of carbonyl (C=O) groups is 1. The van der Waals surface area contributed by atoms with Crippen LogP contribution in [0.2, 0.25) is 0 Å². The number of piperidine rings is 1. The molecule has 33 heavy (non-hydrogen) atoms. The Balaban J connectivity index is 1.60. The lowest BCUT2D eigenvalue weighted by Crippen LogP contribution is -2.81. The van der Waals surface area contributed by atoms with E-state index in [2.05, 4.69) is 11.8 Å². The Bertz CT molecular complexity index is 855. The molecule has 1 heterocycles. The number of aliphatic hydroxyl groups excluding tert-OH is 1. The molecule has 5 aliphatic carbocycles. The Morgan fingerprint density at radius 3 is 2.58 bits per heavy atom. The van der Waals surface area contributed by atoms with Gasteiger partial charge in [0.2, 0.25) is 0 Å². The standard InChI is InChI=1S/C25H39NO7/c1-5-26-11-22(12-31-3)7-6-18(28)25-15-8-14-16(32-4)9-23(29,19(15)20(14)33-13(2)27)24(30,21(25)26)10-17(22)25/h14-21,28-30H,5-12H2,1-4H3/t14-,15-,16+,17-,18+,19-,20+,21?,22+,23-,24-,25-/m1/s1. The normalized spacial score (nSPS) is 58.4. The molecule has 7 bridgehead atoms. The summed E-state index contributed by atoms with van der Waals surface area (Å²) >= 11 is 0. The second-order valence-electron chi connectivity index (χ2n) is 12.0. The lowest BCUT2D eigenvalue weighted by molar-refractivity contribution is -0.313. The van der Waals surface area contributed by atoms with E-state index >= 15 is 0 Å². The molecule has 12 atom stereocenters. The zero-order valence-corrected chi connectivity index (χ0v) is 20.2. The zero-order valence-electron chi connectivity index (χ0n) is 20.2. The third-order valence-corrected chi connectivity index (χ3v) is 11.3. The molecule has 6 aliphatic rings. The van der Waals surface area contributed by atoms with Gasteiger partial charge >= 0.3 is 5.97 Å². The van der Waals surface area contributed by atoms with Crippen molar-refractivity contribution in [2.45, 2.75) is 81.5 Å². The zero-order chi connectivity index (χ0) is 23.6. The number of nitrogens with zero attached hydrogens (tertiary/aromatic N) is 1. The number of methoxy groups -OCH3 is 2. The highest BCUT2D eigenvalue weighted by atomic mass is 16.5. The van der Waals surface area contributed by atoms with E-state index in [1.807, 2.05) is 0 Å². The molecule has 8 heteroatoms. The van der Waals surface area contributed by atoms with Crippen molar-refractivity contribution >= 4 is 5.97 Å². The molecule has 1 aliphatic heterocycles. The number of likely N-dealkylation sites (N-methyl/N-ethyl adjacent to an activating group) is 1. The summed E-state index contributed by atoms with van der Waals surface area (Å²) in [7, 11) is 3.37. The van der Waals surface area contributed by atoms with Crippen molar-refractivity contribution in [2.75, 3.05) is 33.9 Å². The van der Waals surface area contributed by atoms with E-state index in [-0.39, 0.29) is 41.3 Å². The van der Waals surface area contributed by atoms with Gasteiger partial charge in [0, 0.05) is 62.8 Å². The lowest BCUT2D eigenvalue weighted by Gasteiger charge is -2.70. The first-order chi connectivity index (χ1) is 15.6. The van der Waals surface area contributed by atoms with Gasteiger partial charge in [0.05, 0.1) is 18.8 Å². The predicted octanol–water partition coefficient (Wildman–Crippen LogP) is 0.563. The average Bonchev–Trinajstić information content (AvgIpc) is 3.17. The molecule has 0 aromatic heterocycles. The summed E-state index contributed by atoms with van der Waals surface area (Å²) in [5, 5.41) is 37.0. The number of esters is 1. The topological polar surface area (TPSA) is 109 Å². The Labute approximate surface area is 195 Å². The van der Waals surface area contributed by atoms with Crippen LogP contribution in [0.15, 0.2) is 0 Å². The summed E-state index contributed by atoms with van der Waals surface area (Å²) in [5.74, 6) is -0.845. The van der Waals surface area contributed by atoms with Crippen LogP contribution in [0.3, 0.4) is 0 Å². The van der Waals surface area contributed by atoms with Gasteiger partial charge in [0.25, 0.3) is 0 Å². The van der Waals surface area contributed by atoms with Gasteiger partial charge in [-0.05, 0) is 44.1 Å². The van der Waals surface area contributed by atoms with Crippen LogP contribution in [0, 0.1) is 34.5 Å². The maximum Gasteiger partial charge on any atom is 0.302 e. The van der Waals surface area contributed by atoms with Crippen LogP contribution in [0.4, 0.5) is 0 Å². The molecule has 0 amide bonds. The molecule has 186 valence electrons. The highest BCUT2D eigenvalue weighted by Crippen LogP contribution is 2.80. The molecule has 6 fully saturated rings. The molecule has 3 N–H and O–H groups in total. The number of hydrogen-bond donors (Lipinski definition) is 3. The van der Waals surface area contributed by atoms with Crippen molar-refractivity contribution in [1.29, 1.82) is 0 Å². The van der Waals surface area contributed by atoms with Crippen molar-refractivity contribution < 1.29 is 34.3 Å². The van der Waals surface area contributed by atoms with Crippen molar-refractivity contribution in [3.63, 3.8) is 0 Å². The van der Waals surface area contributed by atoms with Gasteiger partial charge in [-0.15, -0.1) is 0 Å². The summed E-state index contributed by atoms with van der Waals surface area (Å²) in [6.45, 7) is 5.63. The molecule has 1 unspecified atom stereocenters. The van der Waals surface area contributed by atoms with Crippen molar-refractivity contribution in [3.8, 4) is 0 Å². The Morgan fingerprint density at radius 1 is 1.18 bits per heavy atom. The number of aliphatic hydroxyl groups is 3. The molecule has 5 saturated carbocycles. The number of rotatable bonds is 5. The van der Waals surface area contributed by atoms with Crippen LogP contribution < -0.4 is 0 Å². The Morgan fingerprint density at radius 2 is 1.94 bits per heavy atom. The fourth-order valence-corrected chi connectivity index (χ4v) is 10.7. The van der Waals surface area contributed by atoms with Crippen LogP contribution >= 0.6 is 0 Å². The lowest BCUT2D eigenvalue weighted by atomic mass is 9.42. The van der Waals surface area contributed by atoms with E-state index in [0.29, 0.717) is 25.9 Å². The first kappa shape index (κ1) is 22.7. The first-order valence-electron chi connectivity index (χ1n) is 12.7. The van der Waals surface area contributed by atoms with E-state index in [1.54, 1.807) is 14.2 Å². The van der Waals surface area contributed by atoms with Crippen molar-refractivity contribution in [1.82, 2.24) is 4.90 Å². The van der Waals surface area contributed by atoms with Gasteiger partial charge in [-0.2, -0.15) is 0 Å². The van der Waals surface area contributed by atoms with Gasteiger partial charge in [-0.3, -0.25) is 9.69 Å². The first-order valence-corrected chi connectivity index (χ1v) is 12.7. The minimum Gasteiger partial charge on any atom is -0.462 e. The van der Waals surface area contributed by atoms with Crippen LogP contribution in [0.25, 0.3) is 0 Å². The van der Waals surface area contributed by atoms with Crippen molar-refractivity contribution in [2.24, 2.45) is 34.5 Å². The molecular weight excluding hydrogens is 426 g/mol. The average molecular weight is 466 g/mol. The second-order valence-corrected chi connectivity index (χ2v) is 12.0. The Hall–Kier alpha value is -0.770. The molecular formula is C25H39NO7. The van der Waals surface area contributed by atoms with Gasteiger partial charge < -0.3 is 29.5 Å². The monoisotopic (exact) mass is 465 g/mol. The number of hydrogen-bond acceptors (Lipinski definition) is 8. The number of ether oxygens (including phenoxy) is 3. The summed E-state index contributed by atoms with van der Waals surface area (Å²) in [6, 6.07) is -0.334. The predicted molar refractivity (Wildman–Crippen MR) is 117 cm³/mol. The maximum absolute atomic E-state index is 12.7. The largest absolute Gasteiger partial charge is 0.462 e. The minimum absolute atomic E-state index is 0.0452. The number of fused-ring (bicyclic) bond motifs is 2. The fraction of sp³-hybridized carbons (Fsp3) is 0.960. The third-order valence-electron chi connectivity index (χ3n) is 11.3. The van der Waals surface area contributed by atoms with Crippen LogP contribution in [0.1, 0.15) is 46.0 Å². The van der Waals surface area contributed by atoms with E-state index in [4.69, 9.17) is 14.2 Å². The summed E-state index contributed by atoms with van der Waals surface area (Å²) in [6.07, 6.45) is 1.61. The van der Waals surface area contributed by atoms with E-state index in [1.165, 1.54) is 6.92 Å². The van der Waals surface area contributed by atoms with E-state index in [0.717, 1.165) is 25.9 Å². The minimum atomic E-state index is -1.45. The number of likely N-dealkylation sites (tertiary alicyclic amines) is 1. The van der Waals surface area contributed by atoms with E-state index in [9.17, 15) is 20.1 Å². The van der Waals surface area contributed by atoms with Crippen LogP contribution in [-0.2, 0) is 19.0 Å². The third kappa shape index (κ3) is 2.32. The molecule has 0 radical (unpaired) electrons. The van der Waals surface area contributed by atoms with Gasteiger partial charge in [-0.1, -0.05) is 6.92 Å². The maximum atomic E-state index is 12.7. The van der Waals surface area contributed by atoms with Gasteiger partial charge in [-0.25, -0.2) is 0 Å². The summed E-state index contributed by atoms with van der Waals surface area (Å²) in [5.41, 5.74) is -3.60. The molecule has 1 saturated heterocycles. The second kappa shape index (κ2) is 6.92. The molecule has 0 aromatic carbocycles. The van der Waals surface area contributed by atoms with E-state index < -0.39 is 34.7 Å². The molecule has 1 spiro atoms. The highest BCUT2D eigenvalue weighted by molar-refractivity contribution is 5.66. The SMILES string of the molecule is CCN1C[C@]2(COC)CC[C@H](O)[C@]34C1[C@](O)(C[C@H]23)[C@@]1(O)C[C@H](OC)[C@H]2C[C@@H]4[C@@H]1[C@H]2OC(C)=O. The highest BCUT2D eigenvalue weighted by Gasteiger charge is 2.88. The van der Waals surface area contributed by atoms with Gasteiger partial charge in [0.15, 0.2) is 0 Å². The van der Waals surface area contributed by atoms with Crippen LogP contribution in [-0.4, -0.2) is 95.7 Å². The van der Waals surface area contributed by atoms with Crippen LogP contribution in [0.5, 0.6) is 0 Å². The fourth-order valence-electron chi connectivity index (χ4n) is 10.7. The van der Waals surface area contributed by atoms with Gasteiger partial charge in [0.1, 0.15) is 17.3 Å². The summed E-state index contributed by atoms with van der Waals surface area (Å²) in [4.78, 5) is 14.5. The smallest absolute Gasteiger partial charge is 0.302 e. The summed E-state index contributed by atoms with van der Waals surface area (Å²) < 4.78 is 17.5. The Kier molecular flexibility index (Phi) is 4.75. The van der Waals surface area contributed by atoms with Crippen molar-refractivity contribution in [3.05, 3.63) is 0 Å². The molecule has 0 aromatic rings. The number of carbonyl (C=O) groups excluding carboxylic acids is 1.